The van der Waals surface area contributed by atoms with Gasteiger partial charge in [0.15, 0.2) is 11.2 Å². The number of aromatic amines is 1. The van der Waals surface area contributed by atoms with E-state index in [-0.39, 0.29) is 30.0 Å². The molecule has 3 heterocycles. The molecule has 2 atom stereocenters. The standard InChI is InChI=1S/C10H12N4O3.H2O/c15-3-6-1-2-7(17-6)14-5-13-8-9(14)11-4-12-10(8)16;/h4-7,15H,1-3H2,(H,11,12,16);1H2/t6-,7+;/m0./s1. The number of nitrogens with zero attached hydrogens (tertiary/aromatic N) is 3. The van der Waals surface area contributed by atoms with Crippen LogP contribution in [0, 0.1) is 0 Å². The van der Waals surface area contributed by atoms with Gasteiger partial charge in [-0.3, -0.25) is 9.36 Å². The third-order valence-electron chi connectivity index (χ3n) is 2.96. The van der Waals surface area contributed by atoms with Crippen LogP contribution >= 0.6 is 0 Å². The minimum absolute atomic E-state index is 0. The van der Waals surface area contributed by atoms with E-state index in [0.29, 0.717) is 11.2 Å². The van der Waals surface area contributed by atoms with Crippen molar-refractivity contribution in [2.24, 2.45) is 0 Å². The summed E-state index contributed by atoms with van der Waals surface area (Å²) in [6.45, 7) is 0.0111. The Balaban J connectivity index is 0.00000120. The number of H-pyrrole nitrogens is 1. The predicted molar refractivity (Wildman–Crippen MR) is 62.0 cm³/mol. The first-order valence-corrected chi connectivity index (χ1v) is 5.46. The molecule has 1 fully saturated rings. The second-order valence-corrected chi connectivity index (χ2v) is 4.03. The van der Waals surface area contributed by atoms with Gasteiger partial charge in [0.2, 0.25) is 0 Å². The molecule has 0 aliphatic carbocycles. The molecule has 8 heteroatoms. The van der Waals surface area contributed by atoms with Gasteiger partial charge in [0.1, 0.15) is 6.23 Å². The number of nitrogens with one attached hydrogen (secondary N) is 1. The molecule has 2 aromatic heterocycles. The molecule has 4 N–H and O–H groups in total. The highest BCUT2D eigenvalue weighted by atomic mass is 16.5. The van der Waals surface area contributed by atoms with Crippen molar-refractivity contribution in [2.45, 2.75) is 25.2 Å². The third-order valence-corrected chi connectivity index (χ3v) is 2.96. The van der Waals surface area contributed by atoms with Gasteiger partial charge in [-0.15, -0.1) is 0 Å². The number of aromatic nitrogens is 4. The van der Waals surface area contributed by atoms with E-state index >= 15 is 0 Å². The van der Waals surface area contributed by atoms with Crippen LogP contribution in [0.3, 0.4) is 0 Å². The van der Waals surface area contributed by atoms with Crippen LogP contribution in [0.4, 0.5) is 0 Å². The van der Waals surface area contributed by atoms with E-state index < -0.39 is 0 Å². The van der Waals surface area contributed by atoms with Gasteiger partial charge in [0.25, 0.3) is 5.56 Å². The van der Waals surface area contributed by atoms with Crippen LogP contribution < -0.4 is 5.56 Å². The number of hydrogen-bond acceptors (Lipinski definition) is 5. The van der Waals surface area contributed by atoms with E-state index in [0.717, 1.165) is 12.8 Å². The zero-order valence-corrected chi connectivity index (χ0v) is 9.54. The molecule has 0 unspecified atom stereocenters. The number of imidazole rings is 1. The fraction of sp³-hybridized carbons (Fsp3) is 0.500. The minimum Gasteiger partial charge on any atom is -0.412 e. The van der Waals surface area contributed by atoms with E-state index in [4.69, 9.17) is 9.84 Å². The number of rotatable bonds is 2. The minimum atomic E-state index is -0.259. The first-order chi connectivity index (χ1) is 8.29. The van der Waals surface area contributed by atoms with Crippen molar-refractivity contribution in [1.29, 1.82) is 0 Å². The van der Waals surface area contributed by atoms with E-state index in [1.54, 1.807) is 10.9 Å². The highest BCUT2D eigenvalue weighted by Crippen LogP contribution is 2.29. The van der Waals surface area contributed by atoms with E-state index in [1.807, 2.05) is 0 Å². The highest BCUT2D eigenvalue weighted by molar-refractivity contribution is 5.68. The van der Waals surface area contributed by atoms with Crippen molar-refractivity contribution >= 4 is 11.2 Å². The summed E-state index contributed by atoms with van der Waals surface area (Å²) in [5.41, 5.74) is 0.561. The molecule has 1 aliphatic heterocycles. The first kappa shape index (κ1) is 12.7. The van der Waals surface area contributed by atoms with Crippen LogP contribution in [0.1, 0.15) is 19.1 Å². The summed E-state index contributed by atoms with van der Waals surface area (Å²) in [5, 5.41) is 9.02. The number of aliphatic hydroxyl groups is 1. The van der Waals surface area contributed by atoms with Gasteiger partial charge in [-0.2, -0.15) is 0 Å². The summed E-state index contributed by atoms with van der Waals surface area (Å²) in [4.78, 5) is 22.1. The van der Waals surface area contributed by atoms with Crippen LogP contribution in [-0.4, -0.2) is 42.8 Å². The summed E-state index contributed by atoms with van der Waals surface area (Å²) in [7, 11) is 0. The largest absolute Gasteiger partial charge is 0.412 e. The average molecular weight is 254 g/mol. The molecular weight excluding hydrogens is 240 g/mol. The fourth-order valence-electron chi connectivity index (χ4n) is 2.10. The maximum Gasteiger partial charge on any atom is 0.278 e. The summed E-state index contributed by atoms with van der Waals surface area (Å²) >= 11 is 0. The molecule has 3 rings (SSSR count). The van der Waals surface area contributed by atoms with Crippen LogP contribution in [0.2, 0.25) is 0 Å². The maximum absolute atomic E-state index is 11.5. The molecule has 0 amide bonds. The Bertz CT molecular complexity index is 593. The lowest BCUT2D eigenvalue weighted by Gasteiger charge is -2.13. The fourth-order valence-corrected chi connectivity index (χ4v) is 2.10. The van der Waals surface area contributed by atoms with E-state index in [9.17, 15) is 4.79 Å². The van der Waals surface area contributed by atoms with Gasteiger partial charge in [0.05, 0.1) is 25.4 Å². The molecular formula is C10H14N4O4. The SMILES string of the molecule is O.O=c1[nH]cnc2c1ncn2[C@H]1CC[C@@H](CO)O1. The zero-order chi connectivity index (χ0) is 11.8. The third kappa shape index (κ3) is 1.90. The summed E-state index contributed by atoms with van der Waals surface area (Å²) in [5.74, 6) is 0. The zero-order valence-electron chi connectivity index (χ0n) is 9.54. The molecule has 1 aliphatic rings. The van der Waals surface area contributed by atoms with E-state index in [2.05, 4.69) is 15.0 Å². The van der Waals surface area contributed by atoms with Gasteiger partial charge in [0, 0.05) is 0 Å². The monoisotopic (exact) mass is 254 g/mol. The smallest absolute Gasteiger partial charge is 0.278 e. The molecule has 0 aromatic carbocycles. The van der Waals surface area contributed by atoms with Crippen molar-refractivity contribution in [3.8, 4) is 0 Å². The second kappa shape index (κ2) is 4.84. The number of aliphatic hydroxyl groups excluding tert-OH is 1. The Kier molecular flexibility index (Phi) is 3.41. The summed E-state index contributed by atoms with van der Waals surface area (Å²) in [6.07, 6.45) is 4.14. The molecule has 8 nitrogen and oxygen atoms in total. The second-order valence-electron chi connectivity index (χ2n) is 4.03. The molecule has 98 valence electrons. The van der Waals surface area contributed by atoms with Crippen LogP contribution in [-0.2, 0) is 4.74 Å². The molecule has 0 radical (unpaired) electrons. The van der Waals surface area contributed by atoms with Crippen molar-refractivity contribution in [3.05, 3.63) is 23.0 Å². The number of ether oxygens (including phenoxy) is 1. The Labute approximate surface area is 102 Å². The Hall–Kier alpha value is -1.77. The Morgan fingerprint density at radius 2 is 2.33 bits per heavy atom. The van der Waals surface area contributed by atoms with Crippen LogP contribution in [0.15, 0.2) is 17.4 Å². The maximum atomic E-state index is 11.5. The first-order valence-electron chi connectivity index (χ1n) is 5.46. The summed E-state index contributed by atoms with van der Waals surface area (Å²) < 4.78 is 7.36. The van der Waals surface area contributed by atoms with Crippen molar-refractivity contribution in [2.75, 3.05) is 6.61 Å². The lowest BCUT2D eigenvalue weighted by Crippen LogP contribution is -2.14. The van der Waals surface area contributed by atoms with Gasteiger partial charge < -0.3 is 20.3 Å². The Morgan fingerprint density at radius 3 is 3.06 bits per heavy atom. The molecule has 18 heavy (non-hydrogen) atoms. The van der Waals surface area contributed by atoms with Gasteiger partial charge in [-0.1, -0.05) is 0 Å². The molecule has 1 saturated heterocycles. The number of hydrogen-bond donors (Lipinski definition) is 2. The quantitative estimate of drug-likeness (QED) is 0.708. The molecule has 0 spiro atoms. The average Bonchev–Trinajstić information content (AvgIpc) is 2.94. The molecule has 2 aromatic rings. The van der Waals surface area contributed by atoms with Crippen LogP contribution in [0.5, 0.6) is 0 Å². The molecule has 0 saturated carbocycles. The summed E-state index contributed by atoms with van der Waals surface area (Å²) in [6, 6.07) is 0. The number of fused-ring (bicyclic) bond motifs is 1. The van der Waals surface area contributed by atoms with Crippen molar-refractivity contribution in [3.63, 3.8) is 0 Å². The highest BCUT2D eigenvalue weighted by Gasteiger charge is 2.27. The van der Waals surface area contributed by atoms with E-state index in [1.165, 1.54) is 6.33 Å². The van der Waals surface area contributed by atoms with Crippen molar-refractivity contribution in [1.82, 2.24) is 19.5 Å². The lowest BCUT2D eigenvalue weighted by molar-refractivity contribution is -0.0207. The van der Waals surface area contributed by atoms with Gasteiger partial charge in [-0.05, 0) is 12.8 Å². The topological polar surface area (TPSA) is 125 Å². The lowest BCUT2D eigenvalue weighted by atomic mass is 10.2. The van der Waals surface area contributed by atoms with Crippen molar-refractivity contribution < 1.29 is 15.3 Å². The van der Waals surface area contributed by atoms with Crippen LogP contribution in [0.25, 0.3) is 11.2 Å². The molecule has 0 bridgehead atoms. The van der Waals surface area contributed by atoms with Gasteiger partial charge in [-0.25, -0.2) is 9.97 Å². The van der Waals surface area contributed by atoms with Gasteiger partial charge >= 0.3 is 0 Å². The normalized spacial score (nSPS) is 23.2. The predicted octanol–water partition coefficient (Wildman–Crippen LogP) is -1.04. The Morgan fingerprint density at radius 1 is 1.50 bits per heavy atom.